The smallest absolute Gasteiger partial charge is 0.193 e. The van der Waals surface area contributed by atoms with Crippen molar-refractivity contribution >= 4 is 23.0 Å². The fourth-order valence-electron chi connectivity index (χ4n) is 1.74. The van der Waals surface area contributed by atoms with Crippen LogP contribution in [0.4, 0.5) is 5.69 Å². The van der Waals surface area contributed by atoms with E-state index in [2.05, 4.69) is 34.5 Å². The van der Waals surface area contributed by atoms with Crippen molar-refractivity contribution in [1.29, 1.82) is 0 Å². The summed E-state index contributed by atoms with van der Waals surface area (Å²) < 4.78 is 0. The highest BCUT2D eigenvalue weighted by Gasteiger charge is 2.00. The van der Waals surface area contributed by atoms with Crippen LogP contribution in [-0.4, -0.2) is 17.5 Å². The highest BCUT2D eigenvalue weighted by Crippen LogP contribution is 2.11. The maximum Gasteiger partial charge on any atom is 0.193 e. The third kappa shape index (κ3) is 4.35. The summed E-state index contributed by atoms with van der Waals surface area (Å²) in [6.45, 7) is 4.82. The van der Waals surface area contributed by atoms with Crippen LogP contribution < -0.4 is 11.1 Å². The fourth-order valence-corrected chi connectivity index (χ4v) is 2.52. The number of rotatable bonds is 5. The summed E-state index contributed by atoms with van der Waals surface area (Å²) in [6, 6.07) is 8.06. The summed E-state index contributed by atoms with van der Waals surface area (Å²) in [6.07, 6.45) is 1.82. The molecule has 0 radical (unpaired) electrons. The van der Waals surface area contributed by atoms with Gasteiger partial charge >= 0.3 is 0 Å². The van der Waals surface area contributed by atoms with Crippen molar-refractivity contribution in [1.82, 2.24) is 4.98 Å². The minimum Gasteiger partial charge on any atom is -0.370 e. The van der Waals surface area contributed by atoms with Gasteiger partial charge < -0.3 is 11.1 Å². The van der Waals surface area contributed by atoms with Gasteiger partial charge in [0.1, 0.15) is 0 Å². The summed E-state index contributed by atoms with van der Waals surface area (Å²) in [7, 11) is 0. The number of guanidine groups is 1. The zero-order valence-electron chi connectivity index (χ0n) is 11.9. The van der Waals surface area contributed by atoms with Crippen molar-refractivity contribution in [2.75, 3.05) is 11.9 Å². The molecule has 106 valence electrons. The van der Waals surface area contributed by atoms with Gasteiger partial charge in [-0.3, -0.25) is 4.99 Å². The van der Waals surface area contributed by atoms with Gasteiger partial charge in [0.15, 0.2) is 5.96 Å². The van der Waals surface area contributed by atoms with Crippen molar-refractivity contribution in [2.45, 2.75) is 26.7 Å². The standard InChI is InChI=1S/C15H20N4S/c1-3-14-18-13(10-20-14)8-9-17-15(16)19-12-6-4-11(2)5-7-12/h4-7,10H,3,8-9H2,1-2H3,(H3,16,17,19). The van der Waals surface area contributed by atoms with E-state index >= 15 is 0 Å². The van der Waals surface area contributed by atoms with Gasteiger partial charge in [0.05, 0.1) is 10.7 Å². The van der Waals surface area contributed by atoms with Crippen molar-refractivity contribution in [3.8, 4) is 0 Å². The quantitative estimate of drug-likeness (QED) is 0.656. The number of thiazole rings is 1. The second-order valence-electron chi connectivity index (χ2n) is 4.59. The Morgan fingerprint density at radius 2 is 2.10 bits per heavy atom. The van der Waals surface area contributed by atoms with E-state index in [1.165, 1.54) is 10.6 Å². The molecule has 0 bridgehead atoms. The minimum atomic E-state index is 0.444. The lowest BCUT2D eigenvalue weighted by Gasteiger charge is -2.05. The number of hydrogen-bond donors (Lipinski definition) is 2. The summed E-state index contributed by atoms with van der Waals surface area (Å²) >= 11 is 1.71. The van der Waals surface area contributed by atoms with Crippen LogP contribution in [0.2, 0.25) is 0 Å². The molecule has 0 aliphatic heterocycles. The molecule has 0 aliphatic carbocycles. The van der Waals surface area contributed by atoms with E-state index in [4.69, 9.17) is 5.73 Å². The number of nitrogens with two attached hydrogens (primary N) is 1. The van der Waals surface area contributed by atoms with Gasteiger partial charge in [0.25, 0.3) is 0 Å². The van der Waals surface area contributed by atoms with Crippen LogP contribution in [0.1, 0.15) is 23.2 Å². The van der Waals surface area contributed by atoms with Crippen molar-refractivity contribution < 1.29 is 0 Å². The third-order valence-electron chi connectivity index (χ3n) is 2.88. The number of nitrogens with zero attached hydrogens (tertiary/aromatic N) is 2. The molecule has 0 amide bonds. The van der Waals surface area contributed by atoms with E-state index in [0.717, 1.165) is 24.2 Å². The van der Waals surface area contributed by atoms with Gasteiger partial charge in [-0.25, -0.2) is 4.98 Å². The predicted molar refractivity (Wildman–Crippen MR) is 86.5 cm³/mol. The lowest BCUT2D eigenvalue weighted by atomic mass is 10.2. The van der Waals surface area contributed by atoms with E-state index < -0.39 is 0 Å². The Kier molecular flexibility index (Phi) is 5.12. The predicted octanol–water partition coefficient (Wildman–Crippen LogP) is 2.98. The average Bonchev–Trinajstić information content (AvgIpc) is 2.89. The normalized spacial score (nSPS) is 11.6. The number of aromatic nitrogens is 1. The molecule has 2 aromatic rings. The molecule has 0 spiro atoms. The average molecular weight is 288 g/mol. The Balaban J connectivity index is 1.83. The van der Waals surface area contributed by atoms with E-state index in [9.17, 15) is 0 Å². The molecule has 1 heterocycles. The number of aryl methyl sites for hydroxylation is 2. The number of hydrogen-bond acceptors (Lipinski definition) is 3. The summed E-state index contributed by atoms with van der Waals surface area (Å²) in [5, 5.41) is 6.35. The van der Waals surface area contributed by atoms with Crippen LogP contribution in [0.25, 0.3) is 0 Å². The first-order chi connectivity index (χ1) is 9.67. The molecule has 5 heteroatoms. The Labute approximate surface area is 123 Å². The SMILES string of the molecule is CCc1nc(CCN=C(N)Nc2ccc(C)cc2)cs1. The van der Waals surface area contributed by atoms with Crippen molar-refractivity contribution in [3.63, 3.8) is 0 Å². The molecule has 1 aromatic heterocycles. The summed E-state index contributed by atoms with van der Waals surface area (Å²) in [5.74, 6) is 0.444. The van der Waals surface area contributed by atoms with Gasteiger partial charge in [0, 0.05) is 24.0 Å². The van der Waals surface area contributed by atoms with Crippen molar-refractivity contribution in [2.24, 2.45) is 10.7 Å². The molecular formula is C15H20N4S. The topological polar surface area (TPSA) is 63.3 Å². The lowest BCUT2D eigenvalue weighted by Crippen LogP contribution is -2.23. The minimum absolute atomic E-state index is 0.444. The van der Waals surface area contributed by atoms with Crippen LogP contribution in [0.15, 0.2) is 34.6 Å². The van der Waals surface area contributed by atoms with Crippen LogP contribution in [0.5, 0.6) is 0 Å². The molecule has 0 fully saturated rings. The monoisotopic (exact) mass is 288 g/mol. The Morgan fingerprint density at radius 3 is 2.75 bits per heavy atom. The molecule has 0 unspecified atom stereocenters. The first-order valence-corrected chi connectivity index (χ1v) is 7.62. The van der Waals surface area contributed by atoms with E-state index in [1.54, 1.807) is 11.3 Å². The zero-order chi connectivity index (χ0) is 14.4. The van der Waals surface area contributed by atoms with Crippen LogP contribution >= 0.6 is 11.3 Å². The maximum absolute atomic E-state index is 5.86. The number of benzene rings is 1. The van der Waals surface area contributed by atoms with Gasteiger partial charge in [0.2, 0.25) is 0 Å². The lowest BCUT2D eigenvalue weighted by molar-refractivity contribution is 0.916. The largest absolute Gasteiger partial charge is 0.370 e. The fraction of sp³-hybridized carbons (Fsp3) is 0.333. The van der Waals surface area contributed by atoms with Gasteiger partial charge in [-0.2, -0.15) is 0 Å². The van der Waals surface area contributed by atoms with Gasteiger partial charge in [-0.1, -0.05) is 24.6 Å². The molecule has 0 saturated heterocycles. The Bertz CT molecular complexity index is 572. The van der Waals surface area contributed by atoms with Crippen LogP contribution in [-0.2, 0) is 12.8 Å². The second kappa shape index (κ2) is 7.05. The highest BCUT2D eigenvalue weighted by molar-refractivity contribution is 7.09. The van der Waals surface area contributed by atoms with E-state index in [1.807, 2.05) is 24.3 Å². The second-order valence-corrected chi connectivity index (χ2v) is 5.54. The number of nitrogens with one attached hydrogen (secondary N) is 1. The molecule has 3 N–H and O–H groups in total. The van der Waals surface area contributed by atoms with Gasteiger partial charge in [-0.15, -0.1) is 11.3 Å². The third-order valence-corrected chi connectivity index (χ3v) is 3.92. The molecule has 4 nitrogen and oxygen atoms in total. The maximum atomic E-state index is 5.86. The Hall–Kier alpha value is -1.88. The Morgan fingerprint density at radius 1 is 1.35 bits per heavy atom. The molecule has 20 heavy (non-hydrogen) atoms. The van der Waals surface area contributed by atoms with Gasteiger partial charge in [-0.05, 0) is 25.5 Å². The molecule has 0 saturated carbocycles. The first kappa shape index (κ1) is 14.5. The molecule has 0 atom stereocenters. The summed E-state index contributed by atoms with van der Waals surface area (Å²) in [5.41, 5.74) is 9.14. The first-order valence-electron chi connectivity index (χ1n) is 6.74. The molecular weight excluding hydrogens is 268 g/mol. The summed E-state index contributed by atoms with van der Waals surface area (Å²) in [4.78, 5) is 8.83. The van der Waals surface area contributed by atoms with E-state index in [-0.39, 0.29) is 0 Å². The molecule has 1 aromatic carbocycles. The highest BCUT2D eigenvalue weighted by atomic mass is 32.1. The zero-order valence-corrected chi connectivity index (χ0v) is 12.7. The van der Waals surface area contributed by atoms with Crippen LogP contribution in [0.3, 0.4) is 0 Å². The number of aliphatic imine (C=N–C) groups is 1. The molecule has 0 aliphatic rings. The number of anilines is 1. The van der Waals surface area contributed by atoms with E-state index in [0.29, 0.717) is 12.5 Å². The van der Waals surface area contributed by atoms with Crippen molar-refractivity contribution in [3.05, 3.63) is 45.9 Å². The van der Waals surface area contributed by atoms with Crippen LogP contribution in [0, 0.1) is 6.92 Å². The molecule has 2 rings (SSSR count).